The van der Waals surface area contributed by atoms with E-state index in [-0.39, 0.29) is 39.0 Å². The highest BCUT2D eigenvalue weighted by atomic mass is 16.1. The first-order valence-electron chi connectivity index (χ1n) is 5.63. The van der Waals surface area contributed by atoms with Crippen LogP contribution in [0, 0.1) is 45.3 Å². The molecule has 0 heterocycles. The fourth-order valence-electron chi connectivity index (χ4n) is 2.22. The molecule has 1 aliphatic rings. The molecule has 6 nitrogen and oxygen atoms in total. The molecule has 0 saturated heterocycles. The maximum atomic E-state index is 12.4. The Balaban J connectivity index is 3.09. The zero-order valence-corrected chi connectivity index (χ0v) is 10.5. The smallest absolute Gasteiger partial charge is 0.197 e. The quantitative estimate of drug-likeness (QED) is 0.556. The number of nitrogens with zero attached hydrogens (tertiary/aromatic N) is 4. The SMILES string of the molecule is N#CC(C#N)=C1/C(=C\N)C(=O)c2c(C#N)ccc(C#N)c21. The third-order valence-corrected chi connectivity index (χ3v) is 3.08. The number of allylic oxidation sites excluding steroid dienone is 3. The van der Waals surface area contributed by atoms with Gasteiger partial charge in [0.2, 0.25) is 0 Å². The van der Waals surface area contributed by atoms with E-state index in [1.807, 2.05) is 12.1 Å². The first-order chi connectivity index (χ1) is 10.1. The van der Waals surface area contributed by atoms with E-state index in [1.165, 1.54) is 12.1 Å². The summed E-state index contributed by atoms with van der Waals surface area (Å²) in [5, 5.41) is 36.4. The molecule has 96 valence electrons. The molecule has 1 aliphatic carbocycles. The molecule has 0 aliphatic heterocycles. The lowest BCUT2D eigenvalue weighted by molar-refractivity contribution is 0.104. The second-order valence-corrected chi connectivity index (χ2v) is 4.02. The molecular formula is C15H5N5O. The van der Waals surface area contributed by atoms with Crippen LogP contribution in [-0.2, 0) is 0 Å². The van der Waals surface area contributed by atoms with Gasteiger partial charge in [0.1, 0.15) is 17.7 Å². The maximum absolute atomic E-state index is 12.4. The minimum absolute atomic E-state index is 0.00579. The average Bonchev–Trinajstić information content (AvgIpc) is 2.81. The molecule has 21 heavy (non-hydrogen) atoms. The summed E-state index contributed by atoms with van der Waals surface area (Å²) in [6.45, 7) is 0. The summed E-state index contributed by atoms with van der Waals surface area (Å²) in [6.07, 6.45) is 0.981. The van der Waals surface area contributed by atoms with Gasteiger partial charge in [-0.25, -0.2) is 0 Å². The number of hydrogen-bond donors (Lipinski definition) is 1. The van der Waals surface area contributed by atoms with Gasteiger partial charge in [-0.3, -0.25) is 4.79 Å². The number of carbonyl (C=O) groups is 1. The molecule has 0 unspecified atom stereocenters. The van der Waals surface area contributed by atoms with E-state index in [1.54, 1.807) is 12.1 Å². The second-order valence-electron chi connectivity index (χ2n) is 4.02. The lowest BCUT2D eigenvalue weighted by Crippen LogP contribution is -2.01. The van der Waals surface area contributed by atoms with E-state index in [2.05, 4.69) is 0 Å². The van der Waals surface area contributed by atoms with Crippen LogP contribution < -0.4 is 5.73 Å². The van der Waals surface area contributed by atoms with E-state index in [0.29, 0.717) is 0 Å². The third kappa shape index (κ3) is 1.73. The fourth-order valence-corrected chi connectivity index (χ4v) is 2.22. The lowest BCUT2D eigenvalue weighted by atomic mass is 9.94. The van der Waals surface area contributed by atoms with Crippen LogP contribution in [0.2, 0.25) is 0 Å². The van der Waals surface area contributed by atoms with Crippen molar-refractivity contribution in [3.63, 3.8) is 0 Å². The molecule has 0 atom stereocenters. The summed E-state index contributed by atoms with van der Waals surface area (Å²) >= 11 is 0. The summed E-state index contributed by atoms with van der Waals surface area (Å²) < 4.78 is 0. The third-order valence-electron chi connectivity index (χ3n) is 3.08. The first kappa shape index (κ1) is 13.6. The molecule has 0 aromatic heterocycles. The summed E-state index contributed by atoms with van der Waals surface area (Å²) in [6, 6.07) is 9.85. The van der Waals surface area contributed by atoms with Crippen molar-refractivity contribution in [2.24, 2.45) is 5.73 Å². The van der Waals surface area contributed by atoms with Gasteiger partial charge in [0.15, 0.2) is 5.78 Å². The van der Waals surface area contributed by atoms with Gasteiger partial charge in [0.25, 0.3) is 0 Å². The molecule has 1 aromatic carbocycles. The van der Waals surface area contributed by atoms with Crippen LogP contribution in [0.15, 0.2) is 29.5 Å². The van der Waals surface area contributed by atoms with Crippen molar-refractivity contribution in [3.05, 3.63) is 51.7 Å². The summed E-state index contributed by atoms with van der Waals surface area (Å²) in [5.41, 5.74) is 5.35. The van der Waals surface area contributed by atoms with E-state index >= 15 is 0 Å². The number of carbonyl (C=O) groups excluding carboxylic acids is 1. The number of benzene rings is 1. The number of rotatable bonds is 0. The van der Waals surface area contributed by atoms with Gasteiger partial charge < -0.3 is 5.73 Å². The highest BCUT2D eigenvalue weighted by Gasteiger charge is 2.36. The number of ketones is 1. The maximum Gasteiger partial charge on any atom is 0.197 e. The van der Waals surface area contributed by atoms with E-state index in [0.717, 1.165) is 6.20 Å². The minimum atomic E-state index is -0.570. The van der Waals surface area contributed by atoms with Crippen LogP contribution >= 0.6 is 0 Å². The topological polar surface area (TPSA) is 138 Å². The van der Waals surface area contributed by atoms with E-state index in [4.69, 9.17) is 21.5 Å². The van der Waals surface area contributed by atoms with Gasteiger partial charge in [-0.2, -0.15) is 21.0 Å². The predicted octanol–water partition coefficient (Wildman–Crippen LogP) is 1.27. The van der Waals surface area contributed by atoms with Crippen molar-refractivity contribution >= 4 is 11.4 Å². The highest BCUT2D eigenvalue weighted by molar-refractivity contribution is 6.29. The van der Waals surface area contributed by atoms with Crippen LogP contribution in [-0.4, -0.2) is 5.78 Å². The highest BCUT2D eigenvalue weighted by Crippen LogP contribution is 2.41. The van der Waals surface area contributed by atoms with Crippen molar-refractivity contribution < 1.29 is 4.79 Å². The largest absolute Gasteiger partial charge is 0.404 e. The minimum Gasteiger partial charge on any atom is -0.404 e. The van der Waals surface area contributed by atoms with Gasteiger partial charge in [-0.15, -0.1) is 0 Å². The lowest BCUT2D eigenvalue weighted by Gasteiger charge is -2.04. The Morgan fingerprint density at radius 2 is 1.52 bits per heavy atom. The second kappa shape index (κ2) is 5.02. The summed E-state index contributed by atoms with van der Waals surface area (Å²) in [7, 11) is 0. The Bertz CT molecular complexity index is 892. The number of fused-ring (bicyclic) bond motifs is 1. The van der Waals surface area contributed by atoms with Gasteiger partial charge in [0.05, 0.1) is 23.3 Å². The van der Waals surface area contributed by atoms with Crippen molar-refractivity contribution in [1.29, 1.82) is 21.0 Å². The molecule has 6 heteroatoms. The number of nitrogens with two attached hydrogens (primary N) is 1. The zero-order chi connectivity index (χ0) is 15.6. The van der Waals surface area contributed by atoms with Crippen LogP contribution in [0.1, 0.15) is 27.0 Å². The number of hydrogen-bond acceptors (Lipinski definition) is 6. The fraction of sp³-hybridized carbons (Fsp3) is 0. The monoisotopic (exact) mass is 271 g/mol. The molecule has 2 N–H and O–H groups in total. The number of nitriles is 4. The first-order valence-corrected chi connectivity index (χ1v) is 5.63. The molecular weight excluding hydrogens is 266 g/mol. The Morgan fingerprint density at radius 1 is 1.00 bits per heavy atom. The Kier molecular flexibility index (Phi) is 3.24. The van der Waals surface area contributed by atoms with Gasteiger partial charge in [0, 0.05) is 28.5 Å². The molecule has 0 spiro atoms. The van der Waals surface area contributed by atoms with Gasteiger partial charge >= 0.3 is 0 Å². The summed E-state index contributed by atoms with van der Waals surface area (Å²) in [5.74, 6) is -0.570. The number of Topliss-reactive ketones (excluding diaryl/α,β-unsaturated/α-hetero) is 1. The molecule has 0 saturated carbocycles. The normalized spacial score (nSPS) is 13.8. The Morgan fingerprint density at radius 3 is 1.95 bits per heavy atom. The van der Waals surface area contributed by atoms with Crippen LogP contribution in [0.25, 0.3) is 5.57 Å². The van der Waals surface area contributed by atoms with Crippen molar-refractivity contribution in [1.82, 2.24) is 0 Å². The molecule has 2 rings (SSSR count). The zero-order valence-electron chi connectivity index (χ0n) is 10.5. The van der Waals surface area contributed by atoms with Crippen LogP contribution in [0.4, 0.5) is 0 Å². The molecule has 0 fully saturated rings. The van der Waals surface area contributed by atoms with Gasteiger partial charge in [-0.1, -0.05) is 0 Å². The summed E-state index contributed by atoms with van der Waals surface area (Å²) in [4.78, 5) is 12.4. The van der Waals surface area contributed by atoms with Crippen molar-refractivity contribution in [2.75, 3.05) is 0 Å². The molecule has 0 amide bonds. The standard InChI is InChI=1S/C15H5N5O/c16-3-8-1-2-9(4-17)14-13(8)12(10(5-18)6-19)11(7-20)15(14)21/h1-2,7H,20H2/b11-7+. The molecule has 1 aromatic rings. The Labute approximate surface area is 119 Å². The molecule has 0 radical (unpaired) electrons. The van der Waals surface area contributed by atoms with E-state index in [9.17, 15) is 10.1 Å². The van der Waals surface area contributed by atoms with Crippen LogP contribution in [0.5, 0.6) is 0 Å². The van der Waals surface area contributed by atoms with Crippen molar-refractivity contribution in [2.45, 2.75) is 0 Å². The van der Waals surface area contributed by atoms with Gasteiger partial charge in [-0.05, 0) is 12.1 Å². The molecule has 0 bridgehead atoms. The Hall–Kier alpha value is -3.87. The predicted molar refractivity (Wildman–Crippen MR) is 70.6 cm³/mol. The van der Waals surface area contributed by atoms with E-state index < -0.39 is 5.78 Å². The van der Waals surface area contributed by atoms with Crippen LogP contribution in [0.3, 0.4) is 0 Å². The van der Waals surface area contributed by atoms with Crippen molar-refractivity contribution in [3.8, 4) is 24.3 Å². The average molecular weight is 271 g/mol.